The van der Waals surface area contributed by atoms with Crippen LogP contribution in [0.2, 0.25) is 0 Å². The molecule has 0 amide bonds. The molecule has 2 rings (SSSR count). The lowest BCUT2D eigenvalue weighted by Crippen LogP contribution is -2.57. The Bertz CT molecular complexity index is 613. The van der Waals surface area contributed by atoms with Gasteiger partial charge < -0.3 is 5.11 Å². The third-order valence-corrected chi connectivity index (χ3v) is 6.58. The zero-order valence-electron chi connectivity index (χ0n) is 11.3. The van der Waals surface area contributed by atoms with E-state index in [1.54, 1.807) is 0 Å². The highest BCUT2D eigenvalue weighted by atomic mass is 32.2. The lowest BCUT2D eigenvalue weighted by Gasteiger charge is -2.45. The molecule has 0 spiro atoms. The van der Waals surface area contributed by atoms with Crippen LogP contribution >= 0.6 is 0 Å². The summed E-state index contributed by atoms with van der Waals surface area (Å²) in [5.74, 6) is -1.55. The highest BCUT2D eigenvalue weighted by Gasteiger charge is 2.60. The summed E-state index contributed by atoms with van der Waals surface area (Å²) in [4.78, 5) is 11.4. The van der Waals surface area contributed by atoms with E-state index in [0.717, 1.165) is 24.3 Å². The van der Waals surface area contributed by atoms with Crippen molar-refractivity contribution in [1.82, 2.24) is 0 Å². The van der Waals surface area contributed by atoms with Crippen LogP contribution in [0, 0.1) is 17.7 Å². The average molecular weight is 300 g/mol. The zero-order valence-corrected chi connectivity index (χ0v) is 12.2. The van der Waals surface area contributed by atoms with Crippen molar-refractivity contribution in [2.24, 2.45) is 11.8 Å². The topological polar surface area (TPSA) is 71.4 Å². The number of benzene rings is 1. The number of hydrogen-bond donors (Lipinski definition) is 1. The molecule has 1 saturated carbocycles. The zero-order chi connectivity index (χ0) is 15.1. The summed E-state index contributed by atoms with van der Waals surface area (Å²) in [6.07, 6.45) is 0.222. The maximum absolute atomic E-state index is 12.9. The van der Waals surface area contributed by atoms with Gasteiger partial charge >= 0.3 is 5.97 Å². The maximum atomic E-state index is 12.9. The van der Waals surface area contributed by atoms with Gasteiger partial charge in [-0.3, -0.25) is 4.79 Å². The maximum Gasteiger partial charge on any atom is 0.325 e. The SMILES string of the molecule is CC(C)C1CC(C(=O)O)(S(=O)(=O)c2ccc(F)cc2)C1. The largest absolute Gasteiger partial charge is 0.480 e. The number of sulfone groups is 1. The molecule has 6 heteroatoms. The normalized spacial score (nSPS) is 26.3. The van der Waals surface area contributed by atoms with Crippen molar-refractivity contribution in [2.75, 3.05) is 0 Å². The van der Waals surface area contributed by atoms with Crippen LogP contribution in [0.25, 0.3) is 0 Å². The van der Waals surface area contributed by atoms with Crippen molar-refractivity contribution in [3.63, 3.8) is 0 Å². The molecule has 1 aromatic carbocycles. The van der Waals surface area contributed by atoms with Crippen LogP contribution in [-0.2, 0) is 14.6 Å². The minimum Gasteiger partial charge on any atom is -0.480 e. The van der Waals surface area contributed by atoms with E-state index in [1.165, 1.54) is 0 Å². The third kappa shape index (κ3) is 2.12. The number of hydrogen-bond acceptors (Lipinski definition) is 3. The fourth-order valence-electron chi connectivity index (χ4n) is 2.61. The first kappa shape index (κ1) is 15.0. The molecule has 1 aliphatic rings. The van der Waals surface area contributed by atoms with Gasteiger partial charge in [0, 0.05) is 0 Å². The third-order valence-electron chi connectivity index (χ3n) is 4.15. The number of carboxylic acid groups (broad SMARTS) is 1. The minimum atomic E-state index is -4.01. The van der Waals surface area contributed by atoms with Crippen LogP contribution in [-0.4, -0.2) is 24.2 Å². The van der Waals surface area contributed by atoms with Crippen molar-refractivity contribution < 1.29 is 22.7 Å². The molecular formula is C14H17FO4S. The minimum absolute atomic E-state index is 0.0846. The van der Waals surface area contributed by atoms with Gasteiger partial charge in [-0.15, -0.1) is 0 Å². The quantitative estimate of drug-likeness (QED) is 0.867. The van der Waals surface area contributed by atoms with Gasteiger partial charge in [0.1, 0.15) is 5.82 Å². The van der Waals surface area contributed by atoms with Gasteiger partial charge in [0.05, 0.1) is 4.90 Å². The average Bonchev–Trinajstić information content (AvgIpc) is 2.26. The second kappa shape index (κ2) is 4.84. The molecule has 0 aromatic heterocycles. The molecule has 4 nitrogen and oxygen atoms in total. The lowest BCUT2D eigenvalue weighted by molar-refractivity contribution is -0.144. The van der Waals surface area contributed by atoms with Crippen LogP contribution < -0.4 is 0 Å². The molecule has 0 heterocycles. The Morgan fingerprint density at radius 3 is 2.20 bits per heavy atom. The van der Waals surface area contributed by atoms with E-state index in [-0.39, 0.29) is 29.6 Å². The molecule has 0 radical (unpaired) electrons. The van der Waals surface area contributed by atoms with Gasteiger partial charge in [-0.05, 0) is 48.9 Å². The number of carboxylic acids is 1. The molecule has 20 heavy (non-hydrogen) atoms. The molecule has 110 valence electrons. The second-order valence-corrected chi connectivity index (χ2v) is 7.93. The predicted octanol–water partition coefficient (Wildman–Crippen LogP) is 2.49. The van der Waals surface area contributed by atoms with Gasteiger partial charge in [-0.25, -0.2) is 12.8 Å². The molecule has 1 aromatic rings. The predicted molar refractivity (Wildman–Crippen MR) is 71.5 cm³/mol. The smallest absolute Gasteiger partial charge is 0.325 e. The van der Waals surface area contributed by atoms with Gasteiger partial charge in [-0.1, -0.05) is 13.8 Å². The molecular weight excluding hydrogens is 283 g/mol. The van der Waals surface area contributed by atoms with E-state index in [0.29, 0.717) is 0 Å². The molecule has 0 bridgehead atoms. The molecule has 0 atom stereocenters. The number of carbonyl (C=O) groups is 1. The summed E-state index contributed by atoms with van der Waals surface area (Å²) in [6.45, 7) is 3.89. The first-order valence-electron chi connectivity index (χ1n) is 6.44. The van der Waals surface area contributed by atoms with Gasteiger partial charge in [0.25, 0.3) is 0 Å². The van der Waals surface area contributed by atoms with Gasteiger partial charge in [-0.2, -0.15) is 0 Å². The molecule has 0 aliphatic heterocycles. The van der Waals surface area contributed by atoms with Crippen LogP contribution in [0.5, 0.6) is 0 Å². The summed E-state index contributed by atoms with van der Waals surface area (Å²) in [5.41, 5.74) is 0. The summed E-state index contributed by atoms with van der Waals surface area (Å²) >= 11 is 0. The summed E-state index contributed by atoms with van der Waals surface area (Å²) < 4.78 is 36.2. The molecule has 1 N–H and O–H groups in total. The second-order valence-electron chi connectivity index (χ2n) is 5.67. The van der Waals surface area contributed by atoms with E-state index < -0.39 is 26.4 Å². The van der Waals surface area contributed by atoms with Crippen LogP contribution in [0.15, 0.2) is 29.2 Å². The van der Waals surface area contributed by atoms with Crippen molar-refractivity contribution in [3.05, 3.63) is 30.1 Å². The Kier molecular flexibility index (Phi) is 3.62. The van der Waals surface area contributed by atoms with E-state index in [4.69, 9.17) is 0 Å². The number of halogens is 1. The van der Waals surface area contributed by atoms with Gasteiger partial charge in [0.2, 0.25) is 0 Å². The molecule has 1 fully saturated rings. The summed E-state index contributed by atoms with van der Waals surface area (Å²) in [7, 11) is -4.01. The first-order valence-corrected chi connectivity index (χ1v) is 7.92. The molecule has 0 saturated heterocycles. The highest BCUT2D eigenvalue weighted by Crippen LogP contribution is 2.49. The Hall–Kier alpha value is -1.43. The lowest BCUT2D eigenvalue weighted by atomic mass is 9.69. The first-order chi connectivity index (χ1) is 9.20. The standard InChI is InChI=1S/C14H17FO4S/c1-9(2)10-7-14(8-10,13(16)17)20(18,19)12-5-3-11(15)4-6-12/h3-6,9-10H,7-8H2,1-2H3,(H,16,17). The van der Waals surface area contributed by atoms with Crippen molar-refractivity contribution in [3.8, 4) is 0 Å². The summed E-state index contributed by atoms with van der Waals surface area (Å²) in [6, 6.07) is 4.30. The van der Waals surface area contributed by atoms with Crippen LogP contribution in [0.4, 0.5) is 4.39 Å². The van der Waals surface area contributed by atoms with E-state index in [2.05, 4.69) is 0 Å². The Balaban J connectivity index is 2.41. The highest BCUT2D eigenvalue weighted by molar-refractivity contribution is 7.93. The van der Waals surface area contributed by atoms with Crippen LogP contribution in [0.3, 0.4) is 0 Å². The van der Waals surface area contributed by atoms with Crippen molar-refractivity contribution >= 4 is 15.8 Å². The fourth-order valence-corrected chi connectivity index (χ4v) is 4.65. The Morgan fingerprint density at radius 1 is 1.30 bits per heavy atom. The van der Waals surface area contributed by atoms with Crippen LogP contribution in [0.1, 0.15) is 26.7 Å². The number of aliphatic carboxylic acids is 1. The monoisotopic (exact) mass is 300 g/mol. The van der Waals surface area contributed by atoms with E-state index in [9.17, 15) is 22.7 Å². The van der Waals surface area contributed by atoms with E-state index in [1.807, 2.05) is 13.8 Å². The summed E-state index contributed by atoms with van der Waals surface area (Å²) in [5, 5.41) is 9.38. The van der Waals surface area contributed by atoms with E-state index >= 15 is 0 Å². The molecule has 1 aliphatic carbocycles. The van der Waals surface area contributed by atoms with Crippen molar-refractivity contribution in [2.45, 2.75) is 36.3 Å². The Morgan fingerprint density at radius 2 is 1.80 bits per heavy atom. The van der Waals surface area contributed by atoms with Gasteiger partial charge in [0.15, 0.2) is 14.6 Å². The fraction of sp³-hybridized carbons (Fsp3) is 0.500. The van der Waals surface area contributed by atoms with Crippen molar-refractivity contribution in [1.29, 1.82) is 0 Å². The molecule has 0 unspecified atom stereocenters. The number of rotatable bonds is 4. The Labute approximate surface area is 117 Å².